The number of anilines is 2. The molecule has 2 fully saturated rings. The Kier molecular flexibility index (Phi) is 8.90. The van der Waals surface area contributed by atoms with Gasteiger partial charge in [-0.3, -0.25) is 9.80 Å². The number of nitriles is 1. The molecule has 2 atom stereocenters. The first-order valence-electron chi connectivity index (χ1n) is 23.4. The lowest BCUT2D eigenvalue weighted by Gasteiger charge is -2.32. The predicted octanol–water partition coefficient (Wildman–Crippen LogP) is 9.70. The first kappa shape index (κ1) is 27.7. The summed E-state index contributed by atoms with van der Waals surface area (Å²) in [5, 5.41) is 10.0. The second-order valence-corrected chi connectivity index (χ2v) is 15.9. The van der Waals surface area contributed by atoms with E-state index < -0.39 is 91.4 Å². The molecule has 2 unspecified atom stereocenters. The summed E-state index contributed by atoms with van der Waals surface area (Å²) < 4.78 is 152. The van der Waals surface area contributed by atoms with E-state index in [0.29, 0.717) is 34.4 Å². The number of likely N-dealkylation sites (tertiary alicyclic amines) is 2. The topological polar surface area (TPSA) is 132 Å². The van der Waals surface area contributed by atoms with Gasteiger partial charge in [-0.2, -0.15) is 5.26 Å². The van der Waals surface area contributed by atoms with Gasteiger partial charge in [-0.25, -0.2) is 43.1 Å². The molecule has 2 aliphatic heterocycles. The van der Waals surface area contributed by atoms with Crippen LogP contribution in [-0.2, 0) is 13.0 Å². The predicted molar refractivity (Wildman–Crippen MR) is 221 cm³/mol. The first-order valence-corrected chi connectivity index (χ1v) is 19.6. The van der Waals surface area contributed by atoms with Crippen molar-refractivity contribution in [1.29, 1.82) is 5.26 Å². The Balaban J connectivity index is 0.000000206. The Labute approximate surface area is 368 Å². The van der Waals surface area contributed by atoms with E-state index in [1.165, 1.54) is 23.5 Å². The molecule has 6 heterocycles. The van der Waals surface area contributed by atoms with Crippen LogP contribution in [0.4, 0.5) is 24.8 Å². The van der Waals surface area contributed by atoms with Gasteiger partial charge in [-0.1, -0.05) is 60.0 Å². The van der Waals surface area contributed by atoms with Crippen molar-refractivity contribution in [3.05, 3.63) is 90.5 Å². The Morgan fingerprint density at radius 1 is 0.877 bits per heavy atom. The van der Waals surface area contributed by atoms with Gasteiger partial charge in [-0.15, -0.1) is 11.3 Å². The number of halogens is 6. The molecule has 0 bridgehead atoms. The summed E-state index contributed by atoms with van der Waals surface area (Å²) in [6.07, 6.45) is -6.15. The zero-order valence-electron chi connectivity index (χ0n) is 42.7. The van der Waals surface area contributed by atoms with Crippen LogP contribution in [0.5, 0.6) is 0 Å². The Morgan fingerprint density at radius 2 is 1.44 bits per heavy atom. The third-order valence-corrected chi connectivity index (χ3v) is 11.2. The highest BCUT2D eigenvalue weighted by Crippen LogP contribution is 2.33. The number of fused-ring (bicyclic) bond motifs is 2. The minimum absolute atomic E-state index is 0.00309. The van der Waals surface area contributed by atoms with Gasteiger partial charge in [-0.05, 0) is 61.0 Å². The van der Waals surface area contributed by atoms with Crippen molar-refractivity contribution in [3.8, 4) is 6.07 Å². The van der Waals surface area contributed by atoms with Crippen LogP contribution in [0.3, 0.4) is 0 Å². The van der Waals surface area contributed by atoms with Crippen LogP contribution in [0.15, 0.2) is 36.9 Å². The lowest BCUT2D eigenvalue weighted by molar-refractivity contribution is 0.211. The van der Waals surface area contributed by atoms with E-state index in [4.69, 9.17) is 58.0 Å². The molecule has 0 radical (unpaired) electrons. The standard InChI is InChI=1S/C21H22ClFN6S.C17H15Cl2F2N5S/c1-12(2)21-28-20-18(30-21)19(25-11-26-20)27-15-3-5-29(6-4-15)10-13-7-14(9-24)17(23)16(22)8-13;18-11-5-9(6-12(20)13(11)21)7-26-3-1-10(2-4-26)24-15-14-16(23-8-22-15)25-17(19)27-14/h7-8,11-12,15H,3-6,10H2,1-2H3,(H,25,26,27);5-6,8,10H,1-4,7H2,(H,22,23,24)/i10D,11D,12D,15D;1D2,2D2,7D,8D,10D/hD2. The molecule has 2 aromatic carbocycles. The lowest BCUT2D eigenvalue weighted by Crippen LogP contribution is -2.38. The highest BCUT2D eigenvalue weighted by molar-refractivity contribution is 7.22. The molecule has 0 amide bonds. The smallest absolute Gasteiger partial charge is 0.186 e. The van der Waals surface area contributed by atoms with Crippen molar-refractivity contribution in [2.75, 3.05) is 36.8 Å². The summed E-state index contributed by atoms with van der Waals surface area (Å²) >= 11 is 19.5. The van der Waals surface area contributed by atoms with Gasteiger partial charge in [0.2, 0.25) is 0 Å². The van der Waals surface area contributed by atoms with Gasteiger partial charge in [0.25, 0.3) is 0 Å². The molecule has 298 valence electrons. The van der Waals surface area contributed by atoms with E-state index in [-0.39, 0.29) is 66.9 Å². The monoisotopic (exact) mass is 886 g/mol. The fraction of sp³-hybridized carbons (Fsp3) is 0.395. The number of nitrogens with zero attached hydrogens (tertiary/aromatic N) is 9. The van der Waals surface area contributed by atoms with Crippen molar-refractivity contribution in [1.82, 2.24) is 39.7 Å². The van der Waals surface area contributed by atoms with E-state index in [9.17, 15) is 13.2 Å². The van der Waals surface area contributed by atoms with Crippen LogP contribution in [0.1, 0.15) is 82.1 Å². The molecule has 8 rings (SSSR count). The third kappa shape index (κ3) is 10.0. The summed E-state index contributed by atoms with van der Waals surface area (Å²) in [5.74, 6) is -4.75. The molecule has 2 N–H and O–H groups in total. The zero-order valence-corrected chi connectivity index (χ0v) is 33.6. The van der Waals surface area contributed by atoms with Crippen molar-refractivity contribution in [3.63, 3.8) is 0 Å². The minimum Gasteiger partial charge on any atom is -0.366 e. The molecule has 2 saturated heterocycles. The number of aromatic nitrogens is 6. The van der Waals surface area contributed by atoms with Gasteiger partial charge < -0.3 is 10.6 Å². The molecule has 2 aliphatic rings. The highest BCUT2D eigenvalue weighted by atomic mass is 35.5. The largest absolute Gasteiger partial charge is 0.366 e. The van der Waals surface area contributed by atoms with E-state index in [1.807, 2.05) is 0 Å². The summed E-state index contributed by atoms with van der Waals surface area (Å²) in [7, 11) is 0. The summed E-state index contributed by atoms with van der Waals surface area (Å²) in [6.45, 7) is 0.0397. The number of hydrogen-bond acceptors (Lipinski definition) is 13. The Hall–Kier alpha value is -3.95. The molecule has 57 heavy (non-hydrogen) atoms. The minimum atomic E-state index is -2.92. The second-order valence-electron chi connectivity index (χ2n) is 12.6. The molecule has 0 saturated carbocycles. The van der Waals surface area contributed by atoms with Crippen LogP contribution in [0.25, 0.3) is 20.7 Å². The van der Waals surface area contributed by atoms with Crippen LogP contribution in [0, 0.1) is 28.8 Å². The van der Waals surface area contributed by atoms with Gasteiger partial charge in [0.1, 0.15) is 42.5 Å². The van der Waals surface area contributed by atoms with Crippen molar-refractivity contribution >= 4 is 89.8 Å². The molecule has 11 nitrogen and oxygen atoms in total. The average Bonchev–Trinajstić information content (AvgIpc) is 3.90. The summed E-state index contributed by atoms with van der Waals surface area (Å²) in [4.78, 5) is 26.7. The van der Waals surface area contributed by atoms with Crippen molar-refractivity contribution in [2.24, 2.45) is 0 Å². The summed E-state index contributed by atoms with van der Waals surface area (Å²) in [6, 6.07) is 1.77. The SMILES string of the molecule is [2H]c1nc(N([2H])C2([2H])C([2H])([2H])CN(C([2H])c3cc(F)c(F)c(Cl)c3)CC2([2H])[2H])c2sc(Cl)nc2n1.[2H]c1nc(N([2H])C2([2H])CCN(C([2H])c3cc(Cl)c(F)c(C#N)c3)CC2)c2sc(C([2H])(C)C)nc2n1. The van der Waals surface area contributed by atoms with E-state index >= 15 is 0 Å². The van der Waals surface area contributed by atoms with E-state index in [0.717, 1.165) is 27.6 Å². The average molecular weight is 888 g/mol. The van der Waals surface area contributed by atoms with Gasteiger partial charge >= 0.3 is 0 Å². The number of rotatable bonds is 9. The van der Waals surface area contributed by atoms with Gasteiger partial charge in [0.15, 0.2) is 36.0 Å². The maximum atomic E-state index is 13.9. The second kappa shape index (κ2) is 18.3. The number of benzene rings is 2. The van der Waals surface area contributed by atoms with Crippen molar-refractivity contribution in [2.45, 2.75) is 70.4 Å². The first-order chi connectivity index (χ1) is 32.4. The van der Waals surface area contributed by atoms with Crippen molar-refractivity contribution < 1.29 is 31.1 Å². The molecule has 0 aliphatic carbocycles. The number of nitrogens with one attached hydrogen (secondary N) is 2. The lowest BCUT2D eigenvalue weighted by atomic mass is 10.0. The maximum absolute atomic E-state index is 13.9. The molecule has 4 aromatic heterocycles. The maximum Gasteiger partial charge on any atom is 0.186 e. The van der Waals surface area contributed by atoms with Gasteiger partial charge in [0, 0.05) is 66.7 Å². The van der Waals surface area contributed by atoms with E-state index in [2.05, 4.69) is 29.9 Å². The van der Waals surface area contributed by atoms with Crippen LogP contribution >= 0.6 is 57.5 Å². The fourth-order valence-electron chi connectivity index (χ4n) is 5.51. The molecule has 0 spiro atoms. The number of piperidine rings is 2. The number of hydrogen-bond donors (Lipinski definition) is 2. The van der Waals surface area contributed by atoms with E-state index in [1.54, 1.807) is 24.8 Å². The Morgan fingerprint density at radius 3 is 2.05 bits per heavy atom. The molecular weight excluding hydrogens is 838 g/mol. The number of thiazole rings is 2. The molecule has 19 heteroatoms. The van der Waals surface area contributed by atoms with Crippen LogP contribution in [0.2, 0.25) is 17.3 Å². The fourth-order valence-corrected chi connectivity index (χ4v) is 7.82. The van der Waals surface area contributed by atoms with Crippen LogP contribution < -0.4 is 10.6 Å². The zero-order chi connectivity index (χ0) is 51.8. The van der Waals surface area contributed by atoms with Gasteiger partial charge in [0.05, 0.1) is 23.4 Å². The molecular formula is C38H37Cl3F3N11S2. The quantitative estimate of drug-likeness (QED) is 0.135. The molecule has 6 aromatic rings. The summed E-state index contributed by atoms with van der Waals surface area (Å²) in [5.41, 5.74) is 0.172. The Bertz CT molecular complexity index is 2990. The van der Waals surface area contributed by atoms with Crippen LogP contribution in [-0.4, -0.2) is 77.9 Å². The third-order valence-electron chi connectivity index (χ3n) is 8.25. The normalized spacial score (nSPS) is 23.3. The highest BCUT2D eigenvalue weighted by Gasteiger charge is 2.24.